The Morgan fingerprint density at radius 1 is 0.958 bits per heavy atom. The molecule has 3 N–H and O–H groups in total. The van der Waals surface area contributed by atoms with E-state index >= 15 is 0 Å². The molecule has 2 aromatic carbocycles. The van der Waals surface area contributed by atoms with E-state index in [1.54, 1.807) is 26.3 Å². The summed E-state index contributed by atoms with van der Waals surface area (Å²) < 4.78 is 0. The predicted molar refractivity (Wildman–Crippen MR) is 94.5 cm³/mol. The molecule has 4 heteroatoms. The molecule has 0 fully saturated rings. The van der Waals surface area contributed by atoms with E-state index < -0.39 is 16.9 Å². The third-order valence-corrected chi connectivity index (χ3v) is 4.93. The van der Waals surface area contributed by atoms with Crippen molar-refractivity contribution in [1.82, 2.24) is 5.48 Å². The largest absolute Gasteiger partial charge is 0.389 e. The van der Waals surface area contributed by atoms with Crippen molar-refractivity contribution in [2.75, 3.05) is 0 Å². The fourth-order valence-corrected chi connectivity index (χ4v) is 2.71. The Kier molecular flexibility index (Phi) is 5.42. The lowest BCUT2D eigenvalue weighted by Gasteiger charge is -2.38. The van der Waals surface area contributed by atoms with Gasteiger partial charge in [0.1, 0.15) is 0 Å². The molecule has 0 saturated heterocycles. The summed E-state index contributed by atoms with van der Waals surface area (Å²) in [6.45, 7) is 4.83. The van der Waals surface area contributed by atoms with Crippen molar-refractivity contribution in [2.45, 2.75) is 39.2 Å². The zero-order valence-electron chi connectivity index (χ0n) is 14.4. The maximum Gasteiger partial charge on any atom is 0.252 e. The summed E-state index contributed by atoms with van der Waals surface area (Å²) in [7, 11) is 0. The van der Waals surface area contributed by atoms with Crippen LogP contribution in [0.3, 0.4) is 0 Å². The lowest BCUT2D eigenvalue weighted by atomic mass is 9.71. The first-order valence-electron chi connectivity index (χ1n) is 8.09. The molecule has 0 radical (unpaired) electrons. The molecule has 0 aliphatic rings. The molecular weight excluding hydrogens is 302 g/mol. The van der Waals surface area contributed by atoms with Crippen molar-refractivity contribution in [3.63, 3.8) is 0 Å². The van der Waals surface area contributed by atoms with Crippen LogP contribution in [-0.2, 0) is 11.2 Å². The minimum Gasteiger partial charge on any atom is -0.389 e. The second-order valence-electron chi connectivity index (χ2n) is 6.90. The SMILES string of the molecule is CC(C)(O)C(C)(CCc1ccc(-c2ccccc2)cc1)C(=O)NO. The first-order valence-corrected chi connectivity index (χ1v) is 8.09. The number of carbonyl (C=O) groups is 1. The molecule has 0 spiro atoms. The Labute approximate surface area is 143 Å². The van der Waals surface area contributed by atoms with Crippen LogP contribution in [-0.4, -0.2) is 21.8 Å². The van der Waals surface area contributed by atoms with Crippen molar-refractivity contribution in [3.05, 3.63) is 60.2 Å². The lowest BCUT2D eigenvalue weighted by Crippen LogP contribution is -2.51. The van der Waals surface area contributed by atoms with Crippen LogP contribution in [0.5, 0.6) is 0 Å². The van der Waals surface area contributed by atoms with Gasteiger partial charge in [-0.2, -0.15) is 0 Å². The molecule has 1 atom stereocenters. The normalized spacial score (nSPS) is 14.0. The van der Waals surface area contributed by atoms with Gasteiger partial charge in [0.2, 0.25) is 0 Å². The smallest absolute Gasteiger partial charge is 0.252 e. The fraction of sp³-hybridized carbons (Fsp3) is 0.350. The summed E-state index contributed by atoms with van der Waals surface area (Å²) in [6.07, 6.45) is 1.05. The molecule has 2 rings (SSSR count). The third kappa shape index (κ3) is 3.83. The number of hydroxylamine groups is 1. The first kappa shape index (κ1) is 18.2. The number of amides is 1. The number of aryl methyl sites for hydroxylation is 1. The fourth-order valence-electron chi connectivity index (χ4n) is 2.71. The van der Waals surface area contributed by atoms with Crippen molar-refractivity contribution in [1.29, 1.82) is 0 Å². The minimum absolute atomic E-state index is 0.424. The van der Waals surface area contributed by atoms with Crippen LogP contribution in [0, 0.1) is 5.41 Å². The van der Waals surface area contributed by atoms with E-state index in [2.05, 4.69) is 24.3 Å². The summed E-state index contributed by atoms with van der Waals surface area (Å²) in [6, 6.07) is 18.3. The number of benzene rings is 2. The molecule has 1 unspecified atom stereocenters. The molecule has 0 heterocycles. The number of hydrogen-bond acceptors (Lipinski definition) is 3. The maximum atomic E-state index is 12.0. The van der Waals surface area contributed by atoms with Crippen LogP contribution in [0.1, 0.15) is 32.8 Å². The number of hydrogen-bond donors (Lipinski definition) is 3. The van der Waals surface area contributed by atoms with Gasteiger partial charge in [0.05, 0.1) is 11.0 Å². The van der Waals surface area contributed by atoms with Crippen LogP contribution in [0.15, 0.2) is 54.6 Å². The highest BCUT2D eigenvalue weighted by atomic mass is 16.5. The van der Waals surface area contributed by atoms with Gasteiger partial charge in [-0.1, -0.05) is 54.6 Å². The van der Waals surface area contributed by atoms with Gasteiger partial charge in [0.25, 0.3) is 5.91 Å². The highest BCUT2D eigenvalue weighted by Gasteiger charge is 2.45. The van der Waals surface area contributed by atoms with Crippen LogP contribution in [0.4, 0.5) is 0 Å². The number of nitrogens with one attached hydrogen (secondary N) is 1. The van der Waals surface area contributed by atoms with Crippen LogP contribution in [0.2, 0.25) is 0 Å². The minimum atomic E-state index is -1.25. The Hall–Kier alpha value is -2.17. The summed E-state index contributed by atoms with van der Waals surface area (Å²) >= 11 is 0. The van der Waals surface area contributed by atoms with Crippen molar-refractivity contribution >= 4 is 5.91 Å². The quantitative estimate of drug-likeness (QED) is 0.561. The van der Waals surface area contributed by atoms with Gasteiger partial charge >= 0.3 is 0 Å². The van der Waals surface area contributed by atoms with Gasteiger partial charge in [-0.15, -0.1) is 0 Å². The van der Waals surface area contributed by atoms with Gasteiger partial charge in [-0.25, -0.2) is 5.48 Å². The number of carbonyl (C=O) groups excluding carboxylic acids is 1. The van der Waals surface area contributed by atoms with Crippen LogP contribution in [0.25, 0.3) is 11.1 Å². The van der Waals surface area contributed by atoms with E-state index in [0.717, 1.165) is 16.7 Å². The second-order valence-corrected chi connectivity index (χ2v) is 6.90. The second kappa shape index (κ2) is 7.16. The van der Waals surface area contributed by atoms with Gasteiger partial charge in [-0.3, -0.25) is 10.0 Å². The van der Waals surface area contributed by atoms with Crippen molar-refractivity contribution in [2.24, 2.45) is 5.41 Å². The molecule has 0 aliphatic carbocycles. The predicted octanol–water partition coefficient (Wildman–Crippen LogP) is 3.57. The molecule has 0 bridgehead atoms. The molecule has 0 saturated carbocycles. The molecule has 24 heavy (non-hydrogen) atoms. The zero-order chi connectivity index (χ0) is 17.8. The van der Waals surface area contributed by atoms with Gasteiger partial charge in [0.15, 0.2) is 0 Å². The van der Waals surface area contributed by atoms with Gasteiger partial charge < -0.3 is 5.11 Å². The Bertz CT molecular complexity index is 674. The monoisotopic (exact) mass is 327 g/mol. The zero-order valence-corrected chi connectivity index (χ0v) is 14.4. The van der Waals surface area contributed by atoms with E-state index in [4.69, 9.17) is 5.21 Å². The van der Waals surface area contributed by atoms with E-state index in [9.17, 15) is 9.90 Å². The van der Waals surface area contributed by atoms with Gasteiger partial charge in [0, 0.05) is 0 Å². The Morgan fingerprint density at radius 2 is 1.50 bits per heavy atom. The molecule has 0 aliphatic heterocycles. The van der Waals surface area contributed by atoms with E-state index in [0.29, 0.717) is 12.8 Å². The number of aliphatic hydroxyl groups is 1. The highest BCUT2D eigenvalue weighted by Crippen LogP contribution is 2.36. The Balaban J connectivity index is 2.12. The van der Waals surface area contributed by atoms with E-state index in [1.807, 2.05) is 30.3 Å². The topological polar surface area (TPSA) is 69.6 Å². The molecule has 0 aromatic heterocycles. The highest BCUT2D eigenvalue weighted by molar-refractivity contribution is 5.82. The molecule has 1 amide bonds. The van der Waals surface area contributed by atoms with E-state index in [1.165, 1.54) is 0 Å². The standard InChI is InChI=1S/C20H25NO3/c1-19(2,23)20(3,18(22)21-24)14-13-15-9-11-17(12-10-15)16-7-5-4-6-8-16/h4-12,23-24H,13-14H2,1-3H3,(H,21,22). The van der Waals surface area contributed by atoms with Crippen LogP contribution >= 0.6 is 0 Å². The molecule has 2 aromatic rings. The summed E-state index contributed by atoms with van der Waals surface area (Å²) in [5.41, 5.74) is 2.72. The van der Waals surface area contributed by atoms with Crippen molar-refractivity contribution < 1.29 is 15.1 Å². The third-order valence-electron chi connectivity index (χ3n) is 4.93. The average molecular weight is 327 g/mol. The number of rotatable bonds is 6. The molecule has 128 valence electrons. The summed E-state index contributed by atoms with van der Waals surface area (Å²) in [4.78, 5) is 12.0. The molecule has 4 nitrogen and oxygen atoms in total. The lowest BCUT2D eigenvalue weighted by molar-refractivity contribution is -0.154. The van der Waals surface area contributed by atoms with Crippen LogP contribution < -0.4 is 5.48 Å². The van der Waals surface area contributed by atoms with E-state index in [-0.39, 0.29) is 0 Å². The summed E-state index contributed by atoms with van der Waals surface area (Å²) in [5.74, 6) is -0.573. The maximum absolute atomic E-state index is 12.0. The summed E-state index contributed by atoms with van der Waals surface area (Å²) in [5, 5.41) is 19.3. The average Bonchev–Trinajstić information content (AvgIpc) is 2.59. The Morgan fingerprint density at radius 3 is 2.00 bits per heavy atom. The first-order chi connectivity index (χ1) is 11.3. The molecular formula is C20H25NO3. The van der Waals surface area contributed by atoms with Crippen molar-refractivity contribution in [3.8, 4) is 11.1 Å². The van der Waals surface area contributed by atoms with Gasteiger partial charge in [-0.05, 0) is 50.3 Å².